The van der Waals surface area contributed by atoms with Gasteiger partial charge in [0.2, 0.25) is 0 Å². The number of carbonyl (C=O) groups is 2. The molecule has 0 saturated carbocycles. The average Bonchev–Trinajstić information content (AvgIpc) is 3.10. The maximum atomic E-state index is 13.3. The van der Waals surface area contributed by atoms with E-state index in [1.807, 2.05) is 38.1 Å². The maximum Gasteiger partial charge on any atom is 0.295 e. The summed E-state index contributed by atoms with van der Waals surface area (Å²) in [7, 11) is 0. The number of nitrogens with zero attached hydrogens (tertiary/aromatic N) is 2. The summed E-state index contributed by atoms with van der Waals surface area (Å²) in [6, 6.07) is 12.7. The van der Waals surface area contributed by atoms with Crippen LogP contribution >= 0.6 is 0 Å². The molecule has 3 rings (SSSR count). The normalized spacial score (nSPS) is 17.8. The van der Waals surface area contributed by atoms with Gasteiger partial charge in [0.25, 0.3) is 11.7 Å². The van der Waals surface area contributed by atoms with Gasteiger partial charge in [0.05, 0.1) is 18.2 Å². The lowest BCUT2D eigenvalue weighted by molar-refractivity contribution is -0.140. The van der Waals surface area contributed by atoms with Crippen LogP contribution in [0, 0.1) is 6.92 Å². The van der Waals surface area contributed by atoms with Gasteiger partial charge in [-0.2, -0.15) is 0 Å². The number of carbonyl (C=O) groups excluding carboxylic acids is 2. The number of ether oxygens (including phenoxy) is 1. The Bertz CT molecular complexity index is 1120. The first-order valence-corrected chi connectivity index (χ1v) is 12.9. The van der Waals surface area contributed by atoms with Gasteiger partial charge in [-0.15, -0.1) is 0 Å². The summed E-state index contributed by atoms with van der Waals surface area (Å²) >= 11 is 0. The van der Waals surface area contributed by atoms with Crippen LogP contribution in [0.15, 0.2) is 48.0 Å². The third kappa shape index (κ3) is 5.65. The Balaban J connectivity index is 2.11. The minimum Gasteiger partial charge on any atom is -0.507 e. The van der Waals surface area contributed by atoms with Crippen molar-refractivity contribution in [3.05, 3.63) is 70.3 Å². The Morgan fingerprint density at radius 2 is 1.67 bits per heavy atom. The quantitative estimate of drug-likeness (QED) is 0.286. The lowest BCUT2D eigenvalue weighted by atomic mass is 9.85. The van der Waals surface area contributed by atoms with Crippen molar-refractivity contribution in [2.24, 2.45) is 0 Å². The fourth-order valence-electron chi connectivity index (χ4n) is 4.68. The highest BCUT2D eigenvalue weighted by molar-refractivity contribution is 6.46. The Labute approximate surface area is 215 Å². The first-order chi connectivity index (χ1) is 17.0. The molecule has 1 aliphatic rings. The summed E-state index contributed by atoms with van der Waals surface area (Å²) < 4.78 is 5.63. The van der Waals surface area contributed by atoms with Gasteiger partial charge in [0.1, 0.15) is 11.5 Å². The van der Waals surface area contributed by atoms with Crippen molar-refractivity contribution in [1.29, 1.82) is 0 Å². The Hall–Kier alpha value is -3.12. The number of hydrogen-bond donors (Lipinski definition) is 1. The highest BCUT2D eigenvalue weighted by Crippen LogP contribution is 2.40. The van der Waals surface area contributed by atoms with E-state index in [1.54, 1.807) is 23.1 Å². The zero-order chi connectivity index (χ0) is 26.6. The van der Waals surface area contributed by atoms with Crippen molar-refractivity contribution in [2.75, 3.05) is 32.8 Å². The zero-order valence-electron chi connectivity index (χ0n) is 22.7. The first-order valence-electron chi connectivity index (χ1n) is 12.9. The van der Waals surface area contributed by atoms with E-state index in [1.165, 1.54) is 0 Å². The van der Waals surface area contributed by atoms with E-state index in [2.05, 4.69) is 39.5 Å². The van der Waals surface area contributed by atoms with Gasteiger partial charge in [-0.05, 0) is 67.2 Å². The fraction of sp³-hybridized carbons (Fsp3) is 0.467. The second-order valence-electron chi connectivity index (χ2n) is 10.3. The summed E-state index contributed by atoms with van der Waals surface area (Å²) in [6.45, 7) is 17.7. The number of likely N-dealkylation sites (tertiary alicyclic amines) is 1. The van der Waals surface area contributed by atoms with Crippen LogP contribution in [-0.2, 0) is 15.0 Å². The molecular formula is C30H40N2O4. The Morgan fingerprint density at radius 1 is 1.03 bits per heavy atom. The maximum absolute atomic E-state index is 13.3. The molecule has 194 valence electrons. The molecule has 36 heavy (non-hydrogen) atoms. The molecule has 1 heterocycles. The second-order valence-corrected chi connectivity index (χ2v) is 10.3. The van der Waals surface area contributed by atoms with E-state index in [0.717, 1.165) is 35.5 Å². The first kappa shape index (κ1) is 27.5. The molecule has 1 atom stereocenters. The molecule has 0 radical (unpaired) electrons. The summed E-state index contributed by atoms with van der Waals surface area (Å²) in [5.74, 6) is -0.655. The third-order valence-electron chi connectivity index (χ3n) is 6.93. The third-order valence-corrected chi connectivity index (χ3v) is 6.93. The topological polar surface area (TPSA) is 70.1 Å². The standard InChI is InChI=1S/C30H40N2O4/c1-8-31(9-2)17-18-32-26(21-11-14-23(15-12-21)30(5,6)7)25(28(34)29(32)35)27(33)22-13-16-24(36-10-3)20(4)19-22/h11-16,19,26,33H,8-10,17-18H2,1-7H3/t26-/m1/s1. The predicted octanol–water partition coefficient (Wildman–Crippen LogP) is 5.45. The smallest absolute Gasteiger partial charge is 0.295 e. The highest BCUT2D eigenvalue weighted by Gasteiger charge is 2.46. The fourth-order valence-corrected chi connectivity index (χ4v) is 4.68. The molecule has 0 aromatic heterocycles. The number of rotatable bonds is 9. The van der Waals surface area contributed by atoms with Crippen LogP contribution in [0.5, 0.6) is 5.75 Å². The van der Waals surface area contributed by atoms with Gasteiger partial charge in [-0.25, -0.2) is 0 Å². The minimum absolute atomic E-state index is 0.0249. The number of Topliss-reactive ketones (excluding diaryl/α,β-unsaturated/α-hetero) is 1. The number of benzene rings is 2. The van der Waals surface area contributed by atoms with E-state index in [4.69, 9.17) is 4.74 Å². The molecular weight excluding hydrogens is 452 g/mol. The Kier molecular flexibility index (Phi) is 8.62. The van der Waals surface area contributed by atoms with Crippen molar-refractivity contribution >= 4 is 17.4 Å². The number of amides is 1. The highest BCUT2D eigenvalue weighted by atomic mass is 16.5. The van der Waals surface area contributed by atoms with Crippen LogP contribution in [0.1, 0.15) is 69.8 Å². The molecule has 0 bridgehead atoms. The SMILES string of the molecule is CCOc1ccc(C(O)=C2C(=O)C(=O)N(CCN(CC)CC)[C@@H]2c2ccc(C(C)(C)C)cc2)cc1C. The molecule has 2 aromatic carbocycles. The van der Waals surface area contributed by atoms with Gasteiger partial charge in [0.15, 0.2) is 0 Å². The molecule has 2 aromatic rings. The second kappa shape index (κ2) is 11.3. The molecule has 0 aliphatic carbocycles. The number of hydrogen-bond acceptors (Lipinski definition) is 5. The van der Waals surface area contributed by atoms with Gasteiger partial charge >= 0.3 is 0 Å². The lowest BCUT2D eigenvalue weighted by Gasteiger charge is -2.28. The van der Waals surface area contributed by atoms with Crippen molar-refractivity contribution < 1.29 is 19.4 Å². The van der Waals surface area contributed by atoms with Crippen molar-refractivity contribution in [1.82, 2.24) is 9.80 Å². The monoisotopic (exact) mass is 492 g/mol. The number of likely N-dealkylation sites (N-methyl/N-ethyl adjacent to an activating group) is 1. The summed E-state index contributed by atoms with van der Waals surface area (Å²) in [4.78, 5) is 30.4. The largest absolute Gasteiger partial charge is 0.507 e. The Morgan fingerprint density at radius 3 is 2.19 bits per heavy atom. The van der Waals surface area contributed by atoms with E-state index >= 15 is 0 Å². The molecule has 6 heteroatoms. The minimum atomic E-state index is -0.651. The summed E-state index contributed by atoms with van der Waals surface area (Å²) in [5, 5.41) is 11.4. The predicted molar refractivity (Wildman–Crippen MR) is 144 cm³/mol. The van der Waals surface area contributed by atoms with Crippen LogP contribution in [0.3, 0.4) is 0 Å². The van der Waals surface area contributed by atoms with Crippen molar-refractivity contribution in [2.45, 2.75) is 59.9 Å². The lowest BCUT2D eigenvalue weighted by Crippen LogP contribution is -2.38. The van der Waals surface area contributed by atoms with Crippen LogP contribution in [-0.4, -0.2) is 59.4 Å². The number of ketones is 1. The average molecular weight is 493 g/mol. The van der Waals surface area contributed by atoms with Gasteiger partial charge in [-0.1, -0.05) is 58.9 Å². The molecule has 6 nitrogen and oxygen atoms in total. The van der Waals surface area contributed by atoms with Crippen LogP contribution in [0.25, 0.3) is 5.76 Å². The number of aliphatic hydroxyl groups excluding tert-OH is 1. The van der Waals surface area contributed by atoms with Crippen LogP contribution in [0.2, 0.25) is 0 Å². The van der Waals surface area contributed by atoms with Gasteiger partial charge in [-0.3, -0.25) is 9.59 Å². The summed E-state index contributed by atoms with van der Waals surface area (Å²) in [6.07, 6.45) is 0. The molecule has 0 unspecified atom stereocenters. The zero-order valence-corrected chi connectivity index (χ0v) is 22.7. The number of aliphatic hydroxyl groups is 1. The van der Waals surface area contributed by atoms with E-state index in [-0.39, 0.29) is 16.7 Å². The van der Waals surface area contributed by atoms with E-state index < -0.39 is 17.7 Å². The molecule has 0 spiro atoms. The number of aryl methyl sites for hydroxylation is 1. The van der Waals surface area contributed by atoms with Crippen molar-refractivity contribution in [3.63, 3.8) is 0 Å². The molecule has 1 saturated heterocycles. The van der Waals surface area contributed by atoms with Gasteiger partial charge in [0, 0.05) is 18.7 Å². The molecule has 1 aliphatic heterocycles. The van der Waals surface area contributed by atoms with Crippen LogP contribution < -0.4 is 4.74 Å². The molecule has 1 amide bonds. The van der Waals surface area contributed by atoms with Gasteiger partial charge < -0.3 is 19.6 Å². The van der Waals surface area contributed by atoms with E-state index in [0.29, 0.717) is 25.3 Å². The van der Waals surface area contributed by atoms with Crippen LogP contribution in [0.4, 0.5) is 0 Å². The molecule has 1 N–H and O–H groups in total. The van der Waals surface area contributed by atoms with E-state index in [9.17, 15) is 14.7 Å². The van der Waals surface area contributed by atoms with Crippen molar-refractivity contribution in [3.8, 4) is 5.75 Å². The summed E-state index contributed by atoms with van der Waals surface area (Å²) in [5.41, 5.74) is 3.42. The molecule has 1 fully saturated rings.